The number of carboxylic acids is 1. The lowest BCUT2D eigenvalue weighted by atomic mass is 10.2. The number of carbonyl (C=O) groups is 1. The summed E-state index contributed by atoms with van der Waals surface area (Å²) in [5, 5.41) is 8.85. The molecule has 0 aliphatic rings. The van der Waals surface area contributed by atoms with Crippen LogP contribution in [0.5, 0.6) is 11.8 Å². The second-order valence-electron chi connectivity index (χ2n) is 3.40. The third-order valence-electron chi connectivity index (χ3n) is 2.08. The molecule has 6 nitrogen and oxygen atoms in total. The van der Waals surface area contributed by atoms with Crippen molar-refractivity contribution >= 4 is 21.9 Å². The van der Waals surface area contributed by atoms with Crippen molar-refractivity contribution in [2.75, 3.05) is 0 Å². The maximum Gasteiger partial charge on any atom is 0.339 e. The lowest BCUT2D eigenvalue weighted by Crippen LogP contribution is -2.04. The molecule has 2 rings (SSSR count). The van der Waals surface area contributed by atoms with Crippen molar-refractivity contribution in [1.29, 1.82) is 0 Å². The van der Waals surface area contributed by atoms with Crippen LogP contribution in [-0.2, 0) is 0 Å². The van der Waals surface area contributed by atoms with Crippen molar-refractivity contribution in [3.05, 3.63) is 40.4 Å². The maximum atomic E-state index is 10.8. The average molecular weight is 310 g/mol. The molecule has 0 amide bonds. The van der Waals surface area contributed by atoms with Gasteiger partial charge < -0.3 is 9.84 Å². The monoisotopic (exact) mass is 309 g/mol. The number of carboxylic acid groups (broad SMARTS) is 1. The highest BCUT2D eigenvalue weighted by atomic mass is 79.9. The lowest BCUT2D eigenvalue weighted by Gasteiger charge is -2.05. The van der Waals surface area contributed by atoms with Crippen molar-refractivity contribution < 1.29 is 14.6 Å². The Balaban J connectivity index is 2.25. The highest BCUT2D eigenvalue weighted by molar-refractivity contribution is 9.10. The van der Waals surface area contributed by atoms with E-state index in [-0.39, 0.29) is 11.6 Å². The van der Waals surface area contributed by atoms with Crippen LogP contribution in [0.25, 0.3) is 0 Å². The highest BCUT2D eigenvalue weighted by Gasteiger charge is 2.11. The first-order chi connectivity index (χ1) is 8.56. The van der Waals surface area contributed by atoms with E-state index in [1.165, 1.54) is 12.4 Å². The maximum absolute atomic E-state index is 10.8. The largest absolute Gasteiger partial charge is 0.478 e. The van der Waals surface area contributed by atoms with Crippen LogP contribution in [0.15, 0.2) is 29.1 Å². The van der Waals surface area contributed by atoms with Gasteiger partial charge in [-0.15, -0.1) is 0 Å². The number of halogens is 1. The summed E-state index contributed by atoms with van der Waals surface area (Å²) in [6, 6.07) is 1.79. The van der Waals surface area contributed by atoms with Gasteiger partial charge in [0.15, 0.2) is 5.75 Å². The molecule has 0 saturated carbocycles. The van der Waals surface area contributed by atoms with Gasteiger partial charge in [0.05, 0.1) is 17.5 Å². The SMILES string of the molecule is Cc1nc(Oc2cncc(Br)c2)ncc1C(=O)O. The molecule has 7 heteroatoms. The third-order valence-corrected chi connectivity index (χ3v) is 2.51. The normalized spacial score (nSPS) is 10.1. The van der Waals surface area contributed by atoms with Gasteiger partial charge in [0.25, 0.3) is 0 Å². The van der Waals surface area contributed by atoms with E-state index in [2.05, 4.69) is 30.9 Å². The zero-order valence-electron chi connectivity index (χ0n) is 9.29. The van der Waals surface area contributed by atoms with Crippen molar-refractivity contribution in [3.63, 3.8) is 0 Å². The Morgan fingerprint density at radius 3 is 2.78 bits per heavy atom. The van der Waals surface area contributed by atoms with Crippen LogP contribution in [0.1, 0.15) is 16.1 Å². The summed E-state index contributed by atoms with van der Waals surface area (Å²) in [5.74, 6) is -0.602. The third kappa shape index (κ3) is 2.80. The van der Waals surface area contributed by atoms with Gasteiger partial charge >= 0.3 is 12.0 Å². The number of hydrogen-bond acceptors (Lipinski definition) is 5. The van der Waals surface area contributed by atoms with Gasteiger partial charge in [0.2, 0.25) is 0 Å². The molecule has 0 radical (unpaired) electrons. The minimum Gasteiger partial charge on any atom is -0.478 e. The number of nitrogens with zero attached hydrogens (tertiary/aromatic N) is 3. The van der Waals surface area contributed by atoms with Crippen LogP contribution in [0.3, 0.4) is 0 Å². The summed E-state index contributed by atoms with van der Waals surface area (Å²) >= 11 is 3.26. The molecule has 92 valence electrons. The van der Waals surface area contributed by atoms with Crippen molar-refractivity contribution in [2.24, 2.45) is 0 Å². The Bertz CT molecular complexity index is 604. The van der Waals surface area contributed by atoms with E-state index in [4.69, 9.17) is 9.84 Å². The molecule has 2 heterocycles. The first-order valence-electron chi connectivity index (χ1n) is 4.91. The molecule has 0 aromatic carbocycles. The Labute approximate surface area is 111 Å². The minimum absolute atomic E-state index is 0.0507. The van der Waals surface area contributed by atoms with Gasteiger partial charge in [0, 0.05) is 16.9 Å². The smallest absolute Gasteiger partial charge is 0.339 e. The van der Waals surface area contributed by atoms with Crippen LogP contribution in [-0.4, -0.2) is 26.0 Å². The van der Waals surface area contributed by atoms with Crippen LogP contribution < -0.4 is 4.74 Å². The fourth-order valence-electron chi connectivity index (χ4n) is 1.26. The average Bonchev–Trinajstić information content (AvgIpc) is 2.28. The van der Waals surface area contributed by atoms with E-state index in [0.29, 0.717) is 11.4 Å². The van der Waals surface area contributed by atoms with Crippen LogP contribution in [0.4, 0.5) is 0 Å². The molecule has 0 aliphatic heterocycles. The lowest BCUT2D eigenvalue weighted by molar-refractivity contribution is 0.0695. The Kier molecular flexibility index (Phi) is 3.52. The molecule has 2 aromatic rings. The van der Waals surface area contributed by atoms with Gasteiger partial charge in [-0.2, -0.15) is 4.98 Å². The molecule has 0 atom stereocenters. The summed E-state index contributed by atoms with van der Waals surface area (Å²) in [4.78, 5) is 22.5. The fraction of sp³-hybridized carbons (Fsp3) is 0.0909. The molecule has 0 spiro atoms. The summed E-state index contributed by atoms with van der Waals surface area (Å²) in [5.41, 5.74) is 0.394. The first-order valence-corrected chi connectivity index (χ1v) is 5.71. The van der Waals surface area contributed by atoms with E-state index < -0.39 is 5.97 Å². The zero-order valence-corrected chi connectivity index (χ0v) is 10.9. The Morgan fingerprint density at radius 1 is 1.39 bits per heavy atom. The van der Waals surface area contributed by atoms with Crippen LogP contribution in [0, 0.1) is 6.92 Å². The van der Waals surface area contributed by atoms with Gasteiger partial charge in [-0.05, 0) is 28.9 Å². The second kappa shape index (κ2) is 5.09. The number of rotatable bonds is 3. The molecule has 2 aromatic heterocycles. The number of hydrogen-bond donors (Lipinski definition) is 1. The van der Waals surface area contributed by atoms with E-state index in [1.54, 1.807) is 19.2 Å². The standard InChI is InChI=1S/C11H8BrN3O3/c1-6-9(10(16)17)5-14-11(15-6)18-8-2-7(12)3-13-4-8/h2-5H,1H3,(H,16,17). The molecule has 0 fully saturated rings. The highest BCUT2D eigenvalue weighted by Crippen LogP contribution is 2.20. The summed E-state index contributed by atoms with van der Waals surface area (Å²) in [6.07, 6.45) is 4.34. The zero-order chi connectivity index (χ0) is 13.1. The predicted octanol–water partition coefficient (Wildman–Crippen LogP) is 2.43. The molecule has 0 unspecified atom stereocenters. The molecular weight excluding hydrogens is 302 g/mol. The van der Waals surface area contributed by atoms with Crippen molar-refractivity contribution in [2.45, 2.75) is 6.92 Å². The number of ether oxygens (including phenoxy) is 1. The van der Waals surface area contributed by atoms with E-state index >= 15 is 0 Å². The van der Waals surface area contributed by atoms with Gasteiger partial charge in [-0.1, -0.05) is 0 Å². The number of aromatic nitrogens is 3. The molecule has 0 bridgehead atoms. The van der Waals surface area contributed by atoms with Gasteiger partial charge in [0.1, 0.15) is 0 Å². The fourth-order valence-corrected chi connectivity index (χ4v) is 1.60. The quantitative estimate of drug-likeness (QED) is 0.937. The molecular formula is C11H8BrN3O3. The topological polar surface area (TPSA) is 85.2 Å². The van der Waals surface area contributed by atoms with Gasteiger partial charge in [-0.25, -0.2) is 9.78 Å². The number of aromatic carboxylic acids is 1. The summed E-state index contributed by atoms with van der Waals surface area (Å²) in [6.45, 7) is 1.58. The number of aryl methyl sites for hydroxylation is 1. The second-order valence-corrected chi connectivity index (χ2v) is 4.31. The molecule has 1 N–H and O–H groups in total. The Hall–Kier alpha value is -2.02. The van der Waals surface area contributed by atoms with E-state index in [1.807, 2.05) is 0 Å². The molecule has 0 saturated heterocycles. The predicted molar refractivity (Wildman–Crippen MR) is 65.7 cm³/mol. The van der Waals surface area contributed by atoms with Crippen LogP contribution in [0.2, 0.25) is 0 Å². The first kappa shape index (κ1) is 12.4. The summed E-state index contributed by atoms with van der Waals surface area (Å²) < 4.78 is 6.13. The van der Waals surface area contributed by atoms with E-state index in [0.717, 1.165) is 4.47 Å². The number of pyridine rings is 1. The Morgan fingerprint density at radius 2 is 2.17 bits per heavy atom. The molecule has 18 heavy (non-hydrogen) atoms. The van der Waals surface area contributed by atoms with E-state index in [9.17, 15) is 4.79 Å². The minimum atomic E-state index is -1.07. The summed E-state index contributed by atoms with van der Waals surface area (Å²) in [7, 11) is 0. The van der Waals surface area contributed by atoms with Crippen molar-refractivity contribution in [1.82, 2.24) is 15.0 Å². The van der Waals surface area contributed by atoms with Gasteiger partial charge in [-0.3, -0.25) is 4.98 Å². The molecule has 0 aliphatic carbocycles. The van der Waals surface area contributed by atoms with Crippen LogP contribution >= 0.6 is 15.9 Å². The van der Waals surface area contributed by atoms with Crippen molar-refractivity contribution in [3.8, 4) is 11.8 Å².